The maximum Gasteiger partial charge on any atom is 0.0270 e. The highest BCUT2D eigenvalue weighted by molar-refractivity contribution is 5.36. The highest BCUT2D eigenvalue weighted by atomic mass is 14.8. The van der Waals surface area contributed by atoms with Crippen molar-refractivity contribution in [2.24, 2.45) is 0 Å². The summed E-state index contributed by atoms with van der Waals surface area (Å²) in [5.41, 5.74) is 2.66. The van der Waals surface area contributed by atoms with Crippen LogP contribution in [0.15, 0.2) is 72.8 Å². The molecule has 1 nitrogen and oxygen atoms in total. The van der Waals surface area contributed by atoms with Gasteiger partial charge >= 0.3 is 0 Å². The number of nitrogens with one attached hydrogen (secondary N) is 1. The molecule has 0 spiro atoms. The van der Waals surface area contributed by atoms with Gasteiger partial charge in [-0.25, -0.2) is 0 Å². The van der Waals surface area contributed by atoms with Gasteiger partial charge in [0, 0.05) is 12.5 Å². The van der Waals surface area contributed by atoms with Gasteiger partial charge in [-0.2, -0.15) is 0 Å². The van der Waals surface area contributed by atoms with Crippen LogP contribution >= 0.6 is 0 Å². The molecular formula is C17H19N. The molecule has 0 aromatic heterocycles. The maximum absolute atomic E-state index is 3.14. The van der Waals surface area contributed by atoms with E-state index in [1.54, 1.807) is 0 Å². The molecular weight excluding hydrogens is 218 g/mol. The van der Waals surface area contributed by atoms with Crippen LogP contribution in [0.2, 0.25) is 0 Å². The normalized spacial score (nSPS) is 11.2. The lowest BCUT2D eigenvalue weighted by molar-refractivity contribution is 0.907. The minimum absolute atomic E-state index is 0.334. The van der Waals surface area contributed by atoms with E-state index in [4.69, 9.17) is 0 Å². The Kier molecular flexibility index (Phi) is 4.74. The summed E-state index contributed by atoms with van der Waals surface area (Å²) in [6, 6.07) is 21.2. The summed E-state index contributed by atoms with van der Waals surface area (Å²) in [6.07, 6.45) is 4.45. The van der Waals surface area contributed by atoms with Crippen LogP contribution in [0.3, 0.4) is 0 Å². The Bertz CT molecular complexity index is 434. The van der Waals surface area contributed by atoms with Gasteiger partial charge in [0.15, 0.2) is 0 Å². The molecule has 0 fully saturated rings. The third-order valence-electron chi connectivity index (χ3n) is 2.97. The summed E-state index contributed by atoms with van der Waals surface area (Å²) < 4.78 is 0. The Morgan fingerprint density at radius 1 is 0.889 bits per heavy atom. The Labute approximate surface area is 109 Å². The fourth-order valence-corrected chi connectivity index (χ4v) is 2.06. The Balaban J connectivity index is 2.29. The van der Waals surface area contributed by atoms with E-state index in [0.717, 1.165) is 6.54 Å². The molecule has 0 saturated heterocycles. The molecule has 0 atom stereocenters. The first-order chi connectivity index (χ1) is 8.92. The average molecular weight is 237 g/mol. The molecule has 1 heteroatoms. The Morgan fingerprint density at radius 3 is 1.83 bits per heavy atom. The minimum atomic E-state index is 0.334. The maximum atomic E-state index is 3.14. The summed E-state index contributed by atoms with van der Waals surface area (Å²) in [5, 5.41) is 3.14. The predicted octanol–water partition coefficient (Wildman–Crippen LogP) is 3.59. The molecule has 92 valence electrons. The van der Waals surface area contributed by atoms with Crippen LogP contribution in [0.25, 0.3) is 0 Å². The lowest BCUT2D eigenvalue weighted by Crippen LogP contribution is -2.05. The smallest absolute Gasteiger partial charge is 0.0270 e. The van der Waals surface area contributed by atoms with Crippen LogP contribution in [0.1, 0.15) is 17.0 Å². The fraction of sp³-hybridized carbons (Fsp3) is 0.176. The molecule has 2 aromatic rings. The lowest BCUT2D eigenvalue weighted by Gasteiger charge is -2.13. The first-order valence-corrected chi connectivity index (χ1v) is 6.33. The zero-order chi connectivity index (χ0) is 12.6. The zero-order valence-corrected chi connectivity index (χ0v) is 10.7. The van der Waals surface area contributed by atoms with Crippen LogP contribution < -0.4 is 5.32 Å². The van der Waals surface area contributed by atoms with E-state index in [1.165, 1.54) is 11.1 Å². The van der Waals surface area contributed by atoms with Gasteiger partial charge in [0.1, 0.15) is 0 Å². The lowest BCUT2D eigenvalue weighted by atomic mass is 9.91. The first-order valence-electron chi connectivity index (χ1n) is 6.33. The van der Waals surface area contributed by atoms with E-state index < -0.39 is 0 Å². The molecule has 0 radical (unpaired) electrons. The molecule has 0 saturated carbocycles. The minimum Gasteiger partial charge on any atom is -0.316 e. The van der Waals surface area contributed by atoms with Crippen LogP contribution in [-0.2, 0) is 0 Å². The molecule has 0 bridgehead atoms. The predicted molar refractivity (Wildman–Crippen MR) is 77.8 cm³/mol. The number of likely N-dealkylation sites (N-methyl/N-ethyl adjacent to an activating group) is 1. The summed E-state index contributed by atoms with van der Waals surface area (Å²) in [4.78, 5) is 0. The van der Waals surface area contributed by atoms with Crippen molar-refractivity contribution in [2.75, 3.05) is 13.6 Å². The molecule has 0 heterocycles. The molecule has 0 aliphatic heterocycles. The number of benzene rings is 2. The summed E-state index contributed by atoms with van der Waals surface area (Å²) in [6.45, 7) is 0.899. The van der Waals surface area contributed by atoms with Crippen molar-refractivity contribution in [3.8, 4) is 0 Å². The quantitative estimate of drug-likeness (QED) is 0.784. The fourth-order valence-electron chi connectivity index (χ4n) is 2.06. The molecule has 0 aliphatic carbocycles. The van der Waals surface area contributed by atoms with Crippen molar-refractivity contribution >= 4 is 0 Å². The SMILES string of the molecule is CNC/C=C/C(c1ccccc1)c1ccccc1. The van der Waals surface area contributed by atoms with Crippen molar-refractivity contribution < 1.29 is 0 Å². The van der Waals surface area contributed by atoms with Crippen molar-refractivity contribution in [3.05, 3.63) is 83.9 Å². The summed E-state index contributed by atoms with van der Waals surface area (Å²) >= 11 is 0. The molecule has 0 unspecified atom stereocenters. The van der Waals surface area contributed by atoms with Crippen LogP contribution in [0.4, 0.5) is 0 Å². The zero-order valence-electron chi connectivity index (χ0n) is 10.7. The monoisotopic (exact) mass is 237 g/mol. The first kappa shape index (κ1) is 12.6. The van der Waals surface area contributed by atoms with Gasteiger partial charge in [-0.05, 0) is 18.2 Å². The van der Waals surface area contributed by atoms with Gasteiger partial charge in [0.25, 0.3) is 0 Å². The van der Waals surface area contributed by atoms with Crippen molar-refractivity contribution in [3.63, 3.8) is 0 Å². The molecule has 2 aromatic carbocycles. The van der Waals surface area contributed by atoms with Crippen LogP contribution in [-0.4, -0.2) is 13.6 Å². The molecule has 0 aliphatic rings. The largest absolute Gasteiger partial charge is 0.316 e. The number of allylic oxidation sites excluding steroid dienone is 1. The van der Waals surface area contributed by atoms with Crippen LogP contribution in [0.5, 0.6) is 0 Å². The van der Waals surface area contributed by atoms with Gasteiger partial charge in [0.05, 0.1) is 0 Å². The summed E-state index contributed by atoms with van der Waals surface area (Å²) in [7, 11) is 1.96. The molecule has 1 N–H and O–H groups in total. The highest BCUT2D eigenvalue weighted by Crippen LogP contribution is 2.25. The van der Waals surface area contributed by atoms with Crippen LogP contribution in [0, 0.1) is 0 Å². The van der Waals surface area contributed by atoms with E-state index in [2.05, 4.69) is 78.1 Å². The van der Waals surface area contributed by atoms with Gasteiger partial charge in [-0.1, -0.05) is 72.8 Å². The standard InChI is InChI=1S/C17H19N/c1-18-14-8-13-17(15-9-4-2-5-10-15)16-11-6-3-7-12-16/h2-13,17-18H,14H2,1H3/b13-8+. The number of rotatable bonds is 5. The Hall–Kier alpha value is -1.86. The van der Waals surface area contributed by atoms with Gasteiger partial charge in [0.2, 0.25) is 0 Å². The van der Waals surface area contributed by atoms with E-state index in [1.807, 2.05) is 7.05 Å². The van der Waals surface area contributed by atoms with E-state index in [-0.39, 0.29) is 0 Å². The average Bonchev–Trinajstić information content (AvgIpc) is 2.46. The van der Waals surface area contributed by atoms with E-state index in [9.17, 15) is 0 Å². The molecule has 0 amide bonds. The van der Waals surface area contributed by atoms with Gasteiger partial charge in [-0.15, -0.1) is 0 Å². The second kappa shape index (κ2) is 6.77. The summed E-state index contributed by atoms with van der Waals surface area (Å²) in [5.74, 6) is 0.334. The van der Waals surface area contributed by atoms with Crippen molar-refractivity contribution in [2.45, 2.75) is 5.92 Å². The second-order valence-electron chi connectivity index (χ2n) is 4.28. The third-order valence-corrected chi connectivity index (χ3v) is 2.97. The molecule has 2 rings (SSSR count). The van der Waals surface area contributed by atoms with Gasteiger partial charge < -0.3 is 5.32 Å². The van der Waals surface area contributed by atoms with Gasteiger partial charge in [-0.3, -0.25) is 0 Å². The van der Waals surface area contributed by atoms with E-state index >= 15 is 0 Å². The van der Waals surface area contributed by atoms with Crippen molar-refractivity contribution in [1.29, 1.82) is 0 Å². The number of hydrogen-bond donors (Lipinski definition) is 1. The highest BCUT2D eigenvalue weighted by Gasteiger charge is 2.09. The third kappa shape index (κ3) is 3.31. The second-order valence-corrected chi connectivity index (χ2v) is 4.28. The van der Waals surface area contributed by atoms with E-state index in [0.29, 0.717) is 5.92 Å². The molecule has 18 heavy (non-hydrogen) atoms. The number of hydrogen-bond acceptors (Lipinski definition) is 1. The Morgan fingerprint density at radius 2 is 1.39 bits per heavy atom. The van der Waals surface area contributed by atoms with Crippen molar-refractivity contribution in [1.82, 2.24) is 5.32 Å². The topological polar surface area (TPSA) is 12.0 Å².